The van der Waals surface area contributed by atoms with Crippen LogP contribution in [0.1, 0.15) is 16.5 Å². The molecule has 2 aromatic carbocycles. The van der Waals surface area contributed by atoms with Gasteiger partial charge in [-0.05, 0) is 54.6 Å². The molecule has 4 nitrogen and oxygen atoms in total. The van der Waals surface area contributed by atoms with E-state index in [9.17, 15) is 17.2 Å². The van der Waals surface area contributed by atoms with Crippen molar-refractivity contribution in [2.24, 2.45) is 0 Å². The summed E-state index contributed by atoms with van der Waals surface area (Å²) in [4.78, 5) is 4.08. The summed E-state index contributed by atoms with van der Waals surface area (Å²) in [5.74, 6) is -1.58. The van der Waals surface area contributed by atoms with Crippen LogP contribution in [0.4, 0.5) is 14.5 Å². The van der Waals surface area contributed by atoms with Crippen LogP contribution in [0.5, 0.6) is 0 Å². The first kappa shape index (κ1) is 22.1. The maximum absolute atomic E-state index is 14.5. The van der Waals surface area contributed by atoms with Gasteiger partial charge < -0.3 is 5.32 Å². The molecule has 1 N–H and O–H groups in total. The molecule has 0 aliphatic carbocycles. The number of hydrogen-bond donors (Lipinski definition) is 1. The highest BCUT2D eigenvalue weighted by atomic mass is 35.5. The molecule has 9 heteroatoms. The Labute approximate surface area is 172 Å². The Morgan fingerprint density at radius 1 is 1.04 bits per heavy atom. The Hall–Kier alpha value is -2.22. The van der Waals surface area contributed by atoms with Gasteiger partial charge in [0.15, 0.2) is 9.84 Å². The third-order valence-corrected chi connectivity index (χ3v) is 6.33. The lowest BCUT2D eigenvalue weighted by Gasteiger charge is -2.19. The van der Waals surface area contributed by atoms with Crippen LogP contribution in [0.3, 0.4) is 0 Å². The molecule has 0 bridgehead atoms. The van der Waals surface area contributed by atoms with Gasteiger partial charge >= 0.3 is 0 Å². The lowest BCUT2D eigenvalue weighted by molar-refractivity contribution is 0.568. The van der Waals surface area contributed by atoms with Crippen molar-refractivity contribution in [2.45, 2.75) is 10.1 Å². The molecule has 0 saturated heterocycles. The molecule has 0 aliphatic heterocycles. The molecule has 3 rings (SSSR count). The predicted octanol–water partition coefficient (Wildman–Crippen LogP) is 5.04. The molecular weight excluding hydrogens is 429 g/mol. The SMILES string of the molecule is CNc1ccc(C(c2cc(F)ccc2F)S(=O)(=O)c2ccc(Cl)cc2)nc1.Cl. The van der Waals surface area contributed by atoms with E-state index in [4.69, 9.17) is 11.6 Å². The van der Waals surface area contributed by atoms with Crippen molar-refractivity contribution < 1.29 is 17.2 Å². The molecule has 0 radical (unpaired) electrons. The van der Waals surface area contributed by atoms with Crippen molar-refractivity contribution in [3.05, 3.63) is 88.7 Å². The van der Waals surface area contributed by atoms with Crippen molar-refractivity contribution in [2.75, 3.05) is 12.4 Å². The van der Waals surface area contributed by atoms with Gasteiger partial charge in [-0.2, -0.15) is 0 Å². The highest BCUT2D eigenvalue weighted by molar-refractivity contribution is 7.91. The van der Waals surface area contributed by atoms with E-state index in [1.54, 1.807) is 13.1 Å². The summed E-state index contributed by atoms with van der Waals surface area (Å²) in [7, 11) is -2.45. The first-order chi connectivity index (χ1) is 12.8. The Kier molecular flexibility index (Phi) is 6.98. The zero-order valence-electron chi connectivity index (χ0n) is 14.6. The normalized spacial score (nSPS) is 12.1. The molecule has 0 spiro atoms. The lowest BCUT2D eigenvalue weighted by Crippen LogP contribution is -2.18. The van der Waals surface area contributed by atoms with Gasteiger partial charge in [-0.15, -0.1) is 12.4 Å². The molecule has 0 amide bonds. The highest BCUT2D eigenvalue weighted by Crippen LogP contribution is 2.36. The van der Waals surface area contributed by atoms with Gasteiger partial charge in [-0.3, -0.25) is 4.98 Å². The van der Waals surface area contributed by atoms with Crippen LogP contribution >= 0.6 is 24.0 Å². The number of benzene rings is 2. The van der Waals surface area contributed by atoms with E-state index < -0.39 is 26.7 Å². The van der Waals surface area contributed by atoms with Gasteiger partial charge in [0.05, 0.1) is 22.5 Å². The quantitative estimate of drug-likeness (QED) is 0.598. The lowest BCUT2D eigenvalue weighted by atomic mass is 10.1. The summed E-state index contributed by atoms with van der Waals surface area (Å²) >= 11 is 5.83. The second-order valence-corrected chi connectivity index (χ2v) is 8.24. The van der Waals surface area contributed by atoms with Gasteiger partial charge in [0.2, 0.25) is 0 Å². The van der Waals surface area contributed by atoms with Crippen molar-refractivity contribution in [1.29, 1.82) is 0 Å². The van der Waals surface area contributed by atoms with E-state index in [1.165, 1.54) is 36.5 Å². The van der Waals surface area contributed by atoms with Crippen molar-refractivity contribution in [3.8, 4) is 0 Å². The van der Waals surface area contributed by atoms with Crippen molar-refractivity contribution in [1.82, 2.24) is 4.98 Å². The fourth-order valence-electron chi connectivity index (χ4n) is 2.67. The molecule has 1 atom stereocenters. The van der Waals surface area contributed by atoms with Crippen molar-refractivity contribution >= 4 is 39.5 Å². The summed E-state index contributed by atoms with van der Waals surface area (Å²) in [5, 5.41) is 1.72. The minimum Gasteiger partial charge on any atom is -0.387 e. The number of halogens is 4. The van der Waals surface area contributed by atoms with Gasteiger partial charge in [-0.1, -0.05) is 11.6 Å². The molecule has 1 unspecified atom stereocenters. The fraction of sp³-hybridized carbons (Fsp3) is 0.105. The molecule has 148 valence electrons. The van der Waals surface area contributed by atoms with Crippen LogP contribution in [0.25, 0.3) is 0 Å². The van der Waals surface area contributed by atoms with Crippen LogP contribution in [0.15, 0.2) is 65.7 Å². The molecule has 0 aliphatic rings. The fourth-order valence-corrected chi connectivity index (χ4v) is 4.56. The smallest absolute Gasteiger partial charge is 0.191 e. The molecule has 1 aromatic heterocycles. The number of aromatic nitrogens is 1. The predicted molar refractivity (Wildman–Crippen MR) is 108 cm³/mol. The number of sulfone groups is 1. The van der Waals surface area contributed by atoms with E-state index >= 15 is 0 Å². The minimum atomic E-state index is -4.13. The van der Waals surface area contributed by atoms with E-state index in [1.807, 2.05) is 0 Å². The number of nitrogens with one attached hydrogen (secondary N) is 1. The topological polar surface area (TPSA) is 59.1 Å². The monoisotopic (exact) mass is 444 g/mol. The zero-order chi connectivity index (χ0) is 19.6. The van der Waals surface area contributed by atoms with Gasteiger partial charge in [0.1, 0.15) is 16.9 Å². The molecule has 0 fully saturated rings. The van der Waals surface area contributed by atoms with Gasteiger partial charge in [0, 0.05) is 17.6 Å². The largest absolute Gasteiger partial charge is 0.387 e. The highest BCUT2D eigenvalue weighted by Gasteiger charge is 2.34. The van der Waals surface area contributed by atoms with Crippen LogP contribution in [0, 0.1) is 11.6 Å². The first-order valence-corrected chi connectivity index (χ1v) is 9.83. The summed E-state index contributed by atoms with van der Waals surface area (Å²) in [6.07, 6.45) is 1.43. The number of hydrogen-bond acceptors (Lipinski definition) is 4. The maximum atomic E-state index is 14.5. The zero-order valence-corrected chi connectivity index (χ0v) is 17.0. The number of anilines is 1. The molecular formula is C19H16Cl2F2N2O2S. The maximum Gasteiger partial charge on any atom is 0.191 e. The number of nitrogens with zero attached hydrogens (tertiary/aromatic N) is 1. The molecule has 3 aromatic rings. The van der Waals surface area contributed by atoms with E-state index in [0.717, 1.165) is 18.2 Å². The summed E-state index contributed by atoms with van der Waals surface area (Å²) in [5.41, 5.74) is 0.421. The van der Waals surface area contributed by atoms with Crippen LogP contribution in [0.2, 0.25) is 5.02 Å². The third-order valence-electron chi connectivity index (χ3n) is 4.04. The number of rotatable bonds is 5. The van der Waals surface area contributed by atoms with Crippen LogP contribution in [-0.4, -0.2) is 20.4 Å². The van der Waals surface area contributed by atoms with Gasteiger partial charge in [0.25, 0.3) is 0 Å². The van der Waals surface area contributed by atoms with Gasteiger partial charge in [-0.25, -0.2) is 17.2 Å². The van der Waals surface area contributed by atoms with E-state index in [2.05, 4.69) is 10.3 Å². The average Bonchev–Trinajstić information content (AvgIpc) is 2.65. The molecule has 28 heavy (non-hydrogen) atoms. The standard InChI is InChI=1S/C19H15ClF2N2O2S.ClH/c1-23-14-5-9-18(24-11-14)19(16-10-13(21)4-8-17(16)22)27(25,26)15-6-2-12(20)3-7-15;/h2-11,19,23H,1H3;1H. The Balaban J connectivity index is 0.00000280. The molecule has 1 heterocycles. The summed E-state index contributed by atoms with van der Waals surface area (Å²) in [6.45, 7) is 0. The van der Waals surface area contributed by atoms with E-state index in [0.29, 0.717) is 10.7 Å². The van der Waals surface area contributed by atoms with Crippen LogP contribution in [-0.2, 0) is 9.84 Å². The Bertz CT molecular complexity index is 1060. The second kappa shape index (κ2) is 8.86. The minimum absolute atomic E-state index is 0. The summed E-state index contributed by atoms with van der Waals surface area (Å²) < 4.78 is 54.8. The number of pyridine rings is 1. The first-order valence-electron chi connectivity index (χ1n) is 7.91. The van der Waals surface area contributed by atoms with E-state index in [-0.39, 0.29) is 28.6 Å². The average molecular weight is 445 g/mol. The third kappa shape index (κ3) is 4.43. The Morgan fingerprint density at radius 3 is 2.29 bits per heavy atom. The van der Waals surface area contributed by atoms with Crippen LogP contribution < -0.4 is 5.32 Å². The summed E-state index contributed by atoms with van der Waals surface area (Å²) in [6, 6.07) is 11.3. The van der Waals surface area contributed by atoms with Crippen molar-refractivity contribution in [3.63, 3.8) is 0 Å². The second-order valence-electron chi connectivity index (χ2n) is 5.77. The molecule has 0 saturated carbocycles. The Morgan fingerprint density at radius 2 is 1.71 bits per heavy atom.